The van der Waals surface area contributed by atoms with E-state index in [1.165, 1.54) is 0 Å². The zero-order chi connectivity index (χ0) is 5.70. The van der Waals surface area contributed by atoms with Crippen LogP contribution in [0.1, 0.15) is 6.92 Å². The molecule has 0 radical (unpaired) electrons. The van der Waals surface area contributed by atoms with E-state index < -0.39 is 0 Å². The van der Waals surface area contributed by atoms with Crippen molar-refractivity contribution < 1.29 is 0 Å². The van der Waals surface area contributed by atoms with E-state index in [4.69, 9.17) is 11.6 Å². The van der Waals surface area contributed by atoms with Crippen LogP contribution in [0.3, 0.4) is 0 Å². The first-order valence-corrected chi connectivity index (χ1v) is 2.72. The van der Waals surface area contributed by atoms with Gasteiger partial charge in [-0.3, -0.25) is 0 Å². The molecule has 0 aliphatic rings. The Hall–Kier alpha value is -0.230. The maximum Gasteiger partial charge on any atom is 0.0470 e. The summed E-state index contributed by atoms with van der Waals surface area (Å²) in [6.07, 6.45) is 3.70. The average molecular weight is 117 g/mol. The first kappa shape index (κ1) is 6.77. The lowest BCUT2D eigenvalue weighted by atomic mass is 10.3. The van der Waals surface area contributed by atoms with Gasteiger partial charge in [0.2, 0.25) is 0 Å². The molecule has 0 spiro atoms. The largest absolute Gasteiger partial charge is 0.122 e. The fraction of sp³-hybridized carbons (Fsp3) is 0.333. The van der Waals surface area contributed by atoms with Crippen molar-refractivity contribution in [1.82, 2.24) is 0 Å². The van der Waals surface area contributed by atoms with Gasteiger partial charge in [-0.1, -0.05) is 18.7 Å². The molecule has 0 heterocycles. The molecule has 0 unspecified atom stereocenters. The van der Waals surface area contributed by atoms with E-state index in [0.717, 1.165) is 5.57 Å². The number of hydrogen-bond acceptors (Lipinski definition) is 0. The monoisotopic (exact) mass is 116 g/mol. The van der Waals surface area contributed by atoms with Gasteiger partial charge in [-0.05, 0) is 12.5 Å². The molecule has 0 bridgehead atoms. The molecular formula is C6H9Cl. The van der Waals surface area contributed by atoms with Crippen LogP contribution in [0.5, 0.6) is 0 Å². The molecule has 0 aliphatic carbocycles. The number of alkyl halides is 1. The van der Waals surface area contributed by atoms with Crippen LogP contribution in [0.15, 0.2) is 24.3 Å². The summed E-state index contributed by atoms with van der Waals surface area (Å²) in [5.74, 6) is 0.569. The lowest BCUT2D eigenvalue weighted by Gasteiger charge is -1.86. The number of allylic oxidation sites excluding steroid dienone is 3. The molecule has 0 rings (SSSR count). The summed E-state index contributed by atoms with van der Waals surface area (Å²) >= 11 is 5.43. The molecule has 0 N–H and O–H groups in total. The van der Waals surface area contributed by atoms with E-state index >= 15 is 0 Å². The normalized spacial score (nSPS) is 11.4. The quantitative estimate of drug-likeness (QED) is 0.384. The molecule has 0 aromatic rings. The van der Waals surface area contributed by atoms with E-state index in [1.807, 2.05) is 13.0 Å². The molecule has 0 aliphatic heterocycles. The summed E-state index contributed by atoms with van der Waals surface area (Å²) in [6, 6.07) is 0. The Kier molecular flexibility index (Phi) is 3.81. The third-order valence-electron chi connectivity index (χ3n) is 0.787. The van der Waals surface area contributed by atoms with E-state index in [2.05, 4.69) is 6.58 Å². The maximum absolute atomic E-state index is 5.43. The number of rotatable bonds is 2. The highest BCUT2D eigenvalue weighted by Crippen LogP contribution is 1.95. The minimum absolute atomic E-state index is 0.569. The van der Waals surface area contributed by atoms with Gasteiger partial charge in [0.1, 0.15) is 0 Å². The van der Waals surface area contributed by atoms with Crippen LogP contribution in [0, 0.1) is 0 Å². The third-order valence-corrected chi connectivity index (χ3v) is 1.10. The summed E-state index contributed by atoms with van der Waals surface area (Å²) in [6.45, 7) is 5.49. The second-order valence-electron chi connectivity index (χ2n) is 1.20. The lowest BCUT2D eigenvalue weighted by Crippen LogP contribution is -1.73. The van der Waals surface area contributed by atoms with E-state index in [9.17, 15) is 0 Å². The van der Waals surface area contributed by atoms with Gasteiger partial charge in [0, 0.05) is 5.88 Å². The Balaban J connectivity index is 3.60. The fourth-order valence-electron chi connectivity index (χ4n) is 0.250. The zero-order valence-electron chi connectivity index (χ0n) is 4.45. The maximum atomic E-state index is 5.43. The van der Waals surface area contributed by atoms with Crippen molar-refractivity contribution in [1.29, 1.82) is 0 Å². The molecule has 0 fully saturated rings. The van der Waals surface area contributed by atoms with Crippen LogP contribution in [0.2, 0.25) is 0 Å². The van der Waals surface area contributed by atoms with Gasteiger partial charge in [0.05, 0.1) is 0 Å². The van der Waals surface area contributed by atoms with Gasteiger partial charge in [-0.25, -0.2) is 0 Å². The molecule has 0 saturated heterocycles. The van der Waals surface area contributed by atoms with Gasteiger partial charge in [-0.2, -0.15) is 0 Å². The standard InChI is InChI=1S/C6H9Cl/c1-3-6(4-2)5-7/h3-4H,1,5H2,2H3/b6-4+. The van der Waals surface area contributed by atoms with Gasteiger partial charge < -0.3 is 0 Å². The molecule has 0 aromatic carbocycles. The summed E-state index contributed by atoms with van der Waals surface area (Å²) in [5, 5.41) is 0. The van der Waals surface area contributed by atoms with Crippen molar-refractivity contribution in [3.63, 3.8) is 0 Å². The molecule has 0 saturated carbocycles. The first-order chi connectivity index (χ1) is 3.35. The zero-order valence-corrected chi connectivity index (χ0v) is 5.20. The van der Waals surface area contributed by atoms with Gasteiger partial charge in [0.25, 0.3) is 0 Å². The van der Waals surface area contributed by atoms with Crippen molar-refractivity contribution in [2.75, 3.05) is 5.88 Å². The van der Waals surface area contributed by atoms with Crippen LogP contribution >= 0.6 is 11.6 Å². The van der Waals surface area contributed by atoms with Gasteiger partial charge in [-0.15, -0.1) is 11.6 Å². The van der Waals surface area contributed by atoms with Crippen LogP contribution in [-0.2, 0) is 0 Å². The highest BCUT2D eigenvalue weighted by atomic mass is 35.5. The Morgan fingerprint density at radius 2 is 2.43 bits per heavy atom. The van der Waals surface area contributed by atoms with E-state index in [0.29, 0.717) is 5.88 Å². The van der Waals surface area contributed by atoms with E-state index in [1.54, 1.807) is 6.08 Å². The van der Waals surface area contributed by atoms with Crippen molar-refractivity contribution >= 4 is 11.6 Å². The third kappa shape index (κ3) is 2.46. The van der Waals surface area contributed by atoms with Gasteiger partial charge in [0.15, 0.2) is 0 Å². The molecule has 0 atom stereocenters. The summed E-state index contributed by atoms with van der Waals surface area (Å²) in [4.78, 5) is 0. The van der Waals surface area contributed by atoms with Crippen LogP contribution < -0.4 is 0 Å². The van der Waals surface area contributed by atoms with Crippen molar-refractivity contribution in [3.05, 3.63) is 24.3 Å². The minimum Gasteiger partial charge on any atom is -0.122 e. The Morgan fingerprint density at radius 1 is 1.86 bits per heavy atom. The Morgan fingerprint density at radius 3 is 2.43 bits per heavy atom. The predicted molar refractivity (Wildman–Crippen MR) is 34.7 cm³/mol. The molecule has 1 heteroatoms. The van der Waals surface area contributed by atoms with Crippen molar-refractivity contribution in [2.24, 2.45) is 0 Å². The molecule has 0 aromatic heterocycles. The van der Waals surface area contributed by atoms with Crippen LogP contribution in [0.4, 0.5) is 0 Å². The van der Waals surface area contributed by atoms with Gasteiger partial charge >= 0.3 is 0 Å². The summed E-state index contributed by atoms with van der Waals surface area (Å²) in [5.41, 5.74) is 1.08. The molecule has 0 amide bonds. The second-order valence-corrected chi connectivity index (χ2v) is 1.47. The highest BCUT2D eigenvalue weighted by molar-refractivity contribution is 6.19. The molecule has 7 heavy (non-hydrogen) atoms. The average Bonchev–Trinajstić information content (AvgIpc) is 1.72. The minimum atomic E-state index is 0.569. The molecule has 40 valence electrons. The van der Waals surface area contributed by atoms with Crippen LogP contribution in [0.25, 0.3) is 0 Å². The smallest absolute Gasteiger partial charge is 0.0470 e. The number of hydrogen-bond donors (Lipinski definition) is 0. The lowest BCUT2D eigenvalue weighted by molar-refractivity contribution is 1.49. The predicted octanol–water partition coefficient (Wildman–Crippen LogP) is 2.36. The highest BCUT2D eigenvalue weighted by Gasteiger charge is 1.79. The Bertz CT molecular complexity index is 82.2. The number of halogens is 1. The summed E-state index contributed by atoms with van der Waals surface area (Å²) in [7, 11) is 0. The molecular weight excluding hydrogens is 108 g/mol. The first-order valence-electron chi connectivity index (χ1n) is 2.18. The van der Waals surface area contributed by atoms with Crippen LogP contribution in [-0.4, -0.2) is 5.88 Å². The second kappa shape index (κ2) is 3.94. The molecule has 0 nitrogen and oxygen atoms in total. The Labute approximate surface area is 49.5 Å². The SMILES string of the molecule is C=C/C(=C\C)CCl. The summed E-state index contributed by atoms with van der Waals surface area (Å²) < 4.78 is 0. The fourth-order valence-corrected chi connectivity index (χ4v) is 0.513. The van der Waals surface area contributed by atoms with Crippen molar-refractivity contribution in [2.45, 2.75) is 6.92 Å². The topological polar surface area (TPSA) is 0 Å². The van der Waals surface area contributed by atoms with Crippen molar-refractivity contribution in [3.8, 4) is 0 Å². The van der Waals surface area contributed by atoms with E-state index in [-0.39, 0.29) is 0 Å².